The van der Waals surface area contributed by atoms with Gasteiger partial charge < -0.3 is 10.2 Å². The van der Waals surface area contributed by atoms with Crippen molar-refractivity contribution in [3.8, 4) is 0 Å². The Kier molecular flexibility index (Phi) is 4.65. The van der Waals surface area contributed by atoms with Crippen LogP contribution in [-0.2, 0) is 0 Å². The molecule has 2 rings (SSSR count). The van der Waals surface area contributed by atoms with Gasteiger partial charge in [0, 0.05) is 36.8 Å². The number of rotatable bonds is 3. The maximum Gasteiger partial charge on any atom is 0.264 e. The van der Waals surface area contributed by atoms with Gasteiger partial charge in [-0.15, -0.1) is 0 Å². The summed E-state index contributed by atoms with van der Waals surface area (Å²) in [7, 11) is 0. The van der Waals surface area contributed by atoms with E-state index in [0.717, 1.165) is 24.6 Å². The number of alkyl halides is 2. The number of carbonyl (C=O) groups is 1. The number of halogens is 3. The predicted octanol–water partition coefficient (Wildman–Crippen LogP) is 2.59. The van der Waals surface area contributed by atoms with Crippen molar-refractivity contribution in [1.29, 1.82) is 0 Å². The number of hydrogen-bond donors (Lipinski definition) is 1. The molecule has 1 aliphatic rings. The highest BCUT2D eigenvalue weighted by molar-refractivity contribution is 5.96. The highest BCUT2D eigenvalue weighted by atomic mass is 19.3. The van der Waals surface area contributed by atoms with Gasteiger partial charge in [0.25, 0.3) is 12.3 Å². The van der Waals surface area contributed by atoms with Crippen LogP contribution >= 0.6 is 0 Å². The average molecular weight is 286 g/mol. The Balaban J connectivity index is 2.24. The van der Waals surface area contributed by atoms with Crippen LogP contribution in [0.3, 0.4) is 0 Å². The zero-order valence-electron chi connectivity index (χ0n) is 11.2. The normalized spacial score (nSPS) is 19.4. The molecule has 0 bridgehead atoms. The van der Waals surface area contributed by atoms with Gasteiger partial charge >= 0.3 is 0 Å². The SMILES string of the molecule is CC[C@@H]1CN(C(=O)c2ccc(F)cc2C(F)F)CCN1. The average Bonchev–Trinajstić information content (AvgIpc) is 2.46. The van der Waals surface area contributed by atoms with Gasteiger partial charge in [-0.2, -0.15) is 0 Å². The second kappa shape index (κ2) is 6.26. The Labute approximate surface area is 115 Å². The molecule has 0 spiro atoms. The third-order valence-corrected chi connectivity index (χ3v) is 3.51. The summed E-state index contributed by atoms with van der Waals surface area (Å²) in [6, 6.07) is 3.08. The minimum absolute atomic E-state index is 0.113. The maximum atomic E-state index is 13.1. The summed E-state index contributed by atoms with van der Waals surface area (Å²) in [4.78, 5) is 13.9. The Bertz CT molecular complexity index is 493. The fourth-order valence-corrected chi connectivity index (χ4v) is 2.36. The van der Waals surface area contributed by atoms with E-state index in [2.05, 4.69) is 5.32 Å². The molecule has 0 unspecified atom stereocenters. The Morgan fingerprint density at radius 3 is 2.90 bits per heavy atom. The molecular weight excluding hydrogens is 269 g/mol. The van der Waals surface area contributed by atoms with E-state index in [1.165, 1.54) is 0 Å². The van der Waals surface area contributed by atoms with Crippen LogP contribution in [0.25, 0.3) is 0 Å². The molecule has 1 saturated heterocycles. The number of nitrogens with zero attached hydrogens (tertiary/aromatic N) is 1. The van der Waals surface area contributed by atoms with Gasteiger partial charge in [0.05, 0.1) is 0 Å². The molecule has 20 heavy (non-hydrogen) atoms. The highest BCUT2D eigenvalue weighted by Gasteiger charge is 2.26. The van der Waals surface area contributed by atoms with Gasteiger partial charge in [-0.05, 0) is 24.6 Å². The lowest BCUT2D eigenvalue weighted by molar-refractivity contribution is 0.0690. The molecule has 1 heterocycles. The van der Waals surface area contributed by atoms with E-state index in [0.29, 0.717) is 19.6 Å². The molecule has 0 aliphatic carbocycles. The number of carbonyl (C=O) groups excluding carboxylic acids is 1. The summed E-state index contributed by atoms with van der Waals surface area (Å²) in [6.07, 6.45) is -2.01. The fraction of sp³-hybridized carbons (Fsp3) is 0.500. The molecule has 0 aromatic heterocycles. The largest absolute Gasteiger partial charge is 0.336 e. The van der Waals surface area contributed by atoms with Gasteiger partial charge in [-0.1, -0.05) is 6.92 Å². The number of amides is 1. The van der Waals surface area contributed by atoms with Crippen molar-refractivity contribution in [1.82, 2.24) is 10.2 Å². The van der Waals surface area contributed by atoms with E-state index in [4.69, 9.17) is 0 Å². The second-order valence-electron chi connectivity index (χ2n) is 4.84. The Morgan fingerprint density at radius 2 is 2.25 bits per heavy atom. The molecule has 1 aliphatic heterocycles. The smallest absolute Gasteiger partial charge is 0.264 e. The van der Waals surface area contributed by atoms with E-state index in [1.807, 2.05) is 6.92 Å². The molecule has 1 aromatic rings. The van der Waals surface area contributed by atoms with Crippen LogP contribution in [0.4, 0.5) is 13.2 Å². The molecule has 1 fully saturated rings. The van der Waals surface area contributed by atoms with Crippen molar-refractivity contribution in [2.45, 2.75) is 25.8 Å². The summed E-state index contributed by atoms with van der Waals surface area (Å²) < 4.78 is 38.9. The van der Waals surface area contributed by atoms with Gasteiger partial charge in [0.2, 0.25) is 0 Å². The quantitative estimate of drug-likeness (QED) is 0.926. The molecule has 110 valence electrons. The predicted molar refractivity (Wildman–Crippen MR) is 69.3 cm³/mol. The molecule has 6 heteroatoms. The summed E-state index contributed by atoms with van der Waals surface area (Å²) in [6.45, 7) is 3.58. The number of hydrogen-bond acceptors (Lipinski definition) is 2. The number of benzene rings is 1. The minimum atomic E-state index is -2.87. The second-order valence-corrected chi connectivity index (χ2v) is 4.84. The van der Waals surface area contributed by atoms with Gasteiger partial charge in [0.1, 0.15) is 5.82 Å². The molecule has 1 atom stereocenters. The van der Waals surface area contributed by atoms with Crippen LogP contribution in [0.5, 0.6) is 0 Å². The first kappa shape index (κ1) is 14.8. The molecule has 0 radical (unpaired) electrons. The van der Waals surface area contributed by atoms with Crippen LogP contribution in [0, 0.1) is 5.82 Å². The summed E-state index contributed by atoms with van der Waals surface area (Å²) in [5, 5.41) is 3.25. The van der Waals surface area contributed by atoms with Crippen LogP contribution in [0.1, 0.15) is 35.7 Å². The van der Waals surface area contributed by atoms with Crippen LogP contribution < -0.4 is 5.32 Å². The van der Waals surface area contributed by atoms with Crippen molar-refractivity contribution in [3.63, 3.8) is 0 Å². The van der Waals surface area contributed by atoms with Crippen molar-refractivity contribution >= 4 is 5.91 Å². The zero-order valence-corrected chi connectivity index (χ0v) is 11.2. The third-order valence-electron chi connectivity index (χ3n) is 3.51. The monoisotopic (exact) mass is 286 g/mol. The molecule has 0 saturated carbocycles. The molecule has 1 N–H and O–H groups in total. The third kappa shape index (κ3) is 3.12. The number of nitrogens with one attached hydrogen (secondary N) is 1. The standard InChI is InChI=1S/C14H17F3N2O/c1-2-10-8-19(6-5-18-10)14(20)11-4-3-9(15)7-12(11)13(16)17/h3-4,7,10,13,18H,2,5-6,8H2,1H3/t10-/m1/s1. The van der Waals surface area contributed by atoms with E-state index in [1.54, 1.807) is 4.90 Å². The van der Waals surface area contributed by atoms with Gasteiger partial charge in [-0.25, -0.2) is 13.2 Å². The maximum absolute atomic E-state index is 13.1. The molecule has 1 aromatic carbocycles. The Morgan fingerprint density at radius 1 is 1.50 bits per heavy atom. The van der Waals surface area contributed by atoms with Crippen molar-refractivity contribution in [2.24, 2.45) is 0 Å². The first-order chi connectivity index (χ1) is 9.52. The lowest BCUT2D eigenvalue weighted by atomic mass is 10.0. The molecule has 1 amide bonds. The summed E-state index contributed by atoms with van der Waals surface area (Å²) in [5.74, 6) is -1.22. The van der Waals surface area contributed by atoms with E-state index >= 15 is 0 Å². The van der Waals surface area contributed by atoms with Crippen molar-refractivity contribution in [2.75, 3.05) is 19.6 Å². The van der Waals surface area contributed by atoms with Crippen LogP contribution in [-0.4, -0.2) is 36.5 Å². The minimum Gasteiger partial charge on any atom is -0.336 e. The summed E-state index contributed by atoms with van der Waals surface area (Å²) >= 11 is 0. The summed E-state index contributed by atoms with van der Waals surface area (Å²) in [5.41, 5.74) is -0.653. The van der Waals surface area contributed by atoms with Crippen molar-refractivity contribution in [3.05, 3.63) is 35.1 Å². The lowest BCUT2D eigenvalue weighted by Gasteiger charge is -2.33. The van der Waals surface area contributed by atoms with Crippen LogP contribution in [0.15, 0.2) is 18.2 Å². The highest BCUT2D eigenvalue weighted by Crippen LogP contribution is 2.25. The van der Waals surface area contributed by atoms with Gasteiger partial charge in [-0.3, -0.25) is 4.79 Å². The van der Waals surface area contributed by atoms with Crippen LogP contribution in [0.2, 0.25) is 0 Å². The van der Waals surface area contributed by atoms with E-state index in [9.17, 15) is 18.0 Å². The fourth-order valence-electron chi connectivity index (χ4n) is 2.36. The number of piperazine rings is 1. The topological polar surface area (TPSA) is 32.3 Å². The molecular formula is C14H17F3N2O. The first-order valence-electron chi connectivity index (χ1n) is 6.63. The lowest BCUT2D eigenvalue weighted by Crippen LogP contribution is -2.52. The van der Waals surface area contributed by atoms with Gasteiger partial charge in [0.15, 0.2) is 0 Å². The Hall–Kier alpha value is -1.56. The van der Waals surface area contributed by atoms with E-state index in [-0.39, 0.29) is 11.6 Å². The molecule has 3 nitrogen and oxygen atoms in total. The van der Waals surface area contributed by atoms with E-state index < -0.39 is 23.7 Å². The first-order valence-corrected chi connectivity index (χ1v) is 6.63. The zero-order chi connectivity index (χ0) is 14.7. The van der Waals surface area contributed by atoms with Crippen molar-refractivity contribution < 1.29 is 18.0 Å².